The third-order valence-electron chi connectivity index (χ3n) is 3.92. The maximum absolute atomic E-state index is 13.1. The lowest BCUT2D eigenvalue weighted by Crippen LogP contribution is -2.31. The van der Waals surface area contributed by atoms with E-state index in [1.165, 1.54) is 23.5 Å². The highest BCUT2D eigenvalue weighted by molar-refractivity contribution is 7.92. The molecule has 0 aliphatic heterocycles. The lowest BCUT2D eigenvalue weighted by molar-refractivity contribution is 0.0526. The normalized spacial score (nSPS) is 11.1. The molecule has 0 radical (unpaired) electrons. The highest BCUT2D eigenvalue weighted by Crippen LogP contribution is 2.28. The van der Waals surface area contributed by atoms with E-state index in [1.807, 2.05) is 0 Å². The molecule has 140 valence electrons. The second kappa shape index (κ2) is 8.23. The first-order valence-corrected chi connectivity index (χ1v) is 9.73. The van der Waals surface area contributed by atoms with Gasteiger partial charge in [-0.1, -0.05) is 6.07 Å². The number of nitrogens with zero attached hydrogens (tertiary/aromatic N) is 1. The van der Waals surface area contributed by atoms with E-state index < -0.39 is 16.0 Å². The number of aryl methyl sites for hydroxylation is 1. The highest BCUT2D eigenvalue weighted by atomic mass is 32.2. The van der Waals surface area contributed by atoms with Crippen LogP contribution in [0.5, 0.6) is 5.75 Å². The van der Waals surface area contributed by atoms with Crippen LogP contribution in [0.15, 0.2) is 47.4 Å². The number of carbonyl (C=O) groups is 1. The minimum atomic E-state index is -3.78. The lowest BCUT2D eigenvalue weighted by atomic mass is 10.1. The molecule has 0 saturated carbocycles. The number of ether oxygens (including phenoxy) is 2. The molecule has 0 spiro atoms. The molecular formula is C19H23NO5S. The number of sulfonamides is 1. The third-order valence-corrected chi connectivity index (χ3v) is 5.83. The van der Waals surface area contributed by atoms with Crippen LogP contribution in [0.25, 0.3) is 0 Å². The number of rotatable bonds is 7. The van der Waals surface area contributed by atoms with Crippen molar-refractivity contribution in [1.29, 1.82) is 0 Å². The number of esters is 1. The molecule has 26 heavy (non-hydrogen) atoms. The molecular weight excluding hydrogens is 354 g/mol. The van der Waals surface area contributed by atoms with E-state index in [0.717, 1.165) is 5.56 Å². The van der Waals surface area contributed by atoms with Gasteiger partial charge in [-0.25, -0.2) is 13.2 Å². The monoisotopic (exact) mass is 377 g/mol. The van der Waals surface area contributed by atoms with Crippen molar-refractivity contribution in [2.75, 3.05) is 24.6 Å². The number of anilines is 1. The number of hydrogen-bond donors (Lipinski definition) is 0. The quantitative estimate of drug-likeness (QED) is 0.692. The fourth-order valence-electron chi connectivity index (χ4n) is 2.56. The first-order chi connectivity index (χ1) is 12.3. The van der Waals surface area contributed by atoms with Gasteiger partial charge in [-0.2, -0.15) is 0 Å². The van der Waals surface area contributed by atoms with E-state index in [0.29, 0.717) is 17.0 Å². The van der Waals surface area contributed by atoms with Crippen molar-refractivity contribution in [2.24, 2.45) is 0 Å². The van der Waals surface area contributed by atoms with E-state index in [2.05, 4.69) is 0 Å². The van der Waals surface area contributed by atoms with Gasteiger partial charge in [-0.05, 0) is 62.7 Å². The average molecular weight is 377 g/mol. The molecule has 6 nitrogen and oxygen atoms in total. The van der Waals surface area contributed by atoms with Gasteiger partial charge in [-0.15, -0.1) is 0 Å². The summed E-state index contributed by atoms with van der Waals surface area (Å²) >= 11 is 0. The van der Waals surface area contributed by atoms with Crippen LogP contribution >= 0.6 is 0 Å². The summed E-state index contributed by atoms with van der Waals surface area (Å²) in [5.41, 5.74) is 1.52. The zero-order chi connectivity index (χ0) is 19.3. The van der Waals surface area contributed by atoms with Gasteiger partial charge in [0.2, 0.25) is 0 Å². The van der Waals surface area contributed by atoms with E-state index in [-0.39, 0.29) is 18.0 Å². The zero-order valence-electron chi connectivity index (χ0n) is 15.4. The van der Waals surface area contributed by atoms with Gasteiger partial charge < -0.3 is 9.47 Å². The zero-order valence-corrected chi connectivity index (χ0v) is 16.2. The first-order valence-electron chi connectivity index (χ1n) is 8.29. The largest absolute Gasteiger partial charge is 0.497 e. The molecule has 0 N–H and O–H groups in total. The van der Waals surface area contributed by atoms with Crippen LogP contribution in [-0.2, 0) is 14.8 Å². The summed E-state index contributed by atoms with van der Waals surface area (Å²) in [6.45, 7) is 5.75. The van der Waals surface area contributed by atoms with Gasteiger partial charge in [0.15, 0.2) is 0 Å². The van der Waals surface area contributed by atoms with Gasteiger partial charge in [-0.3, -0.25) is 4.31 Å². The molecule has 0 atom stereocenters. The molecule has 2 aromatic carbocycles. The first kappa shape index (κ1) is 19.8. The van der Waals surface area contributed by atoms with E-state index in [1.54, 1.807) is 51.1 Å². The molecule has 2 aromatic rings. The molecule has 0 aliphatic rings. The number of methoxy groups -OCH3 is 1. The van der Waals surface area contributed by atoms with Crippen LogP contribution in [0.1, 0.15) is 29.8 Å². The maximum atomic E-state index is 13.1. The minimum Gasteiger partial charge on any atom is -0.497 e. The molecule has 2 rings (SSSR count). The average Bonchev–Trinajstić information content (AvgIpc) is 2.63. The fraction of sp³-hybridized carbons (Fsp3) is 0.316. The Labute approximate surface area is 154 Å². The minimum absolute atomic E-state index is 0.154. The molecule has 0 fully saturated rings. The predicted octanol–water partition coefficient (Wildman–Crippen LogP) is 3.40. The highest BCUT2D eigenvalue weighted by Gasteiger charge is 2.25. The fourth-order valence-corrected chi connectivity index (χ4v) is 4.09. The number of carbonyl (C=O) groups excluding carboxylic acids is 1. The van der Waals surface area contributed by atoms with Crippen LogP contribution < -0.4 is 9.04 Å². The van der Waals surface area contributed by atoms with Crippen molar-refractivity contribution >= 4 is 21.7 Å². The number of benzene rings is 2. The van der Waals surface area contributed by atoms with Gasteiger partial charge in [0, 0.05) is 6.54 Å². The summed E-state index contributed by atoms with van der Waals surface area (Å²) in [5, 5.41) is 0. The van der Waals surface area contributed by atoms with Crippen LogP contribution in [0, 0.1) is 6.92 Å². The topological polar surface area (TPSA) is 72.9 Å². The van der Waals surface area contributed by atoms with Crippen LogP contribution in [-0.4, -0.2) is 34.6 Å². The lowest BCUT2D eigenvalue weighted by Gasteiger charge is -2.25. The molecule has 0 heterocycles. The Bertz CT molecular complexity index is 875. The van der Waals surface area contributed by atoms with Crippen molar-refractivity contribution in [3.63, 3.8) is 0 Å². The van der Waals surface area contributed by atoms with E-state index >= 15 is 0 Å². The van der Waals surface area contributed by atoms with Crippen LogP contribution in [0.4, 0.5) is 5.69 Å². The summed E-state index contributed by atoms with van der Waals surface area (Å²) in [4.78, 5) is 12.2. The summed E-state index contributed by atoms with van der Waals surface area (Å²) in [6.07, 6.45) is 0. The van der Waals surface area contributed by atoms with Gasteiger partial charge in [0.05, 0.1) is 29.9 Å². The SMILES string of the molecule is CCOC(=O)c1ccc(C)c(N(CC)S(=O)(=O)c2ccc(OC)cc2)c1. The van der Waals surface area contributed by atoms with Gasteiger partial charge >= 0.3 is 5.97 Å². The van der Waals surface area contributed by atoms with Crippen LogP contribution in [0.2, 0.25) is 0 Å². The maximum Gasteiger partial charge on any atom is 0.338 e. The molecule has 0 saturated heterocycles. The van der Waals surface area contributed by atoms with Crippen molar-refractivity contribution in [3.05, 3.63) is 53.6 Å². The molecule has 0 amide bonds. The molecule has 0 aromatic heterocycles. The molecule has 0 bridgehead atoms. The predicted molar refractivity (Wildman–Crippen MR) is 100 cm³/mol. The van der Waals surface area contributed by atoms with Crippen LogP contribution in [0.3, 0.4) is 0 Å². The molecule has 0 unspecified atom stereocenters. The van der Waals surface area contributed by atoms with Crippen molar-refractivity contribution in [1.82, 2.24) is 0 Å². The van der Waals surface area contributed by atoms with Crippen molar-refractivity contribution < 1.29 is 22.7 Å². The van der Waals surface area contributed by atoms with E-state index in [9.17, 15) is 13.2 Å². The molecule has 7 heteroatoms. The smallest absolute Gasteiger partial charge is 0.338 e. The Hall–Kier alpha value is -2.54. The standard InChI is InChI=1S/C19H23NO5S/c1-5-20(26(22,23)17-11-9-16(24-4)10-12-17)18-13-15(8-7-14(18)3)19(21)25-6-2/h7-13H,5-6H2,1-4H3. The number of hydrogen-bond acceptors (Lipinski definition) is 5. The Balaban J connectivity index is 2.49. The Morgan fingerprint density at radius 1 is 1.08 bits per heavy atom. The van der Waals surface area contributed by atoms with Gasteiger partial charge in [0.25, 0.3) is 10.0 Å². The summed E-state index contributed by atoms with van der Waals surface area (Å²) in [5.74, 6) is 0.0964. The summed E-state index contributed by atoms with van der Waals surface area (Å²) in [7, 11) is -2.26. The third kappa shape index (κ3) is 3.99. The Kier molecular flexibility index (Phi) is 6.26. The Morgan fingerprint density at radius 3 is 2.27 bits per heavy atom. The molecule has 0 aliphatic carbocycles. The van der Waals surface area contributed by atoms with Crippen molar-refractivity contribution in [3.8, 4) is 5.75 Å². The second-order valence-corrected chi connectivity index (χ2v) is 7.43. The summed E-state index contributed by atoms with van der Waals surface area (Å²) < 4.78 is 37.6. The van der Waals surface area contributed by atoms with Gasteiger partial charge in [0.1, 0.15) is 5.75 Å². The second-order valence-electron chi connectivity index (χ2n) is 5.57. The van der Waals surface area contributed by atoms with Crippen molar-refractivity contribution in [2.45, 2.75) is 25.7 Å². The Morgan fingerprint density at radius 2 is 1.73 bits per heavy atom. The van der Waals surface area contributed by atoms with E-state index in [4.69, 9.17) is 9.47 Å². The summed E-state index contributed by atoms with van der Waals surface area (Å²) in [6, 6.07) is 11.1.